The smallest absolute Gasteiger partial charge is 0.337 e. The molecule has 0 bridgehead atoms. The molecule has 1 unspecified atom stereocenters. The molecule has 0 aliphatic rings. The van der Waals surface area contributed by atoms with Crippen molar-refractivity contribution in [3.8, 4) is 0 Å². The number of benzene rings is 1. The largest absolute Gasteiger partial charge is 0.467 e. The Kier molecular flexibility index (Phi) is 3.88. The van der Waals surface area contributed by atoms with Crippen LogP contribution in [0.25, 0.3) is 0 Å². The predicted molar refractivity (Wildman–Crippen MR) is 60.5 cm³/mol. The highest BCUT2D eigenvalue weighted by Crippen LogP contribution is 2.18. The third kappa shape index (κ3) is 3.32. The molecule has 1 aromatic rings. The highest BCUT2D eigenvalue weighted by atomic mass is 79.9. The van der Waals surface area contributed by atoms with E-state index in [2.05, 4.69) is 20.7 Å². The quantitative estimate of drug-likeness (QED) is 0.856. The average Bonchev–Trinajstić information content (AvgIpc) is 2.15. The van der Waals surface area contributed by atoms with Gasteiger partial charge in [-0.2, -0.15) is 0 Å². The number of carbonyl (C=O) groups is 1. The number of ether oxygens (including phenoxy) is 1. The van der Waals surface area contributed by atoms with E-state index in [0.717, 1.165) is 10.0 Å². The Bertz CT molecular complexity index is 361. The second-order valence-electron chi connectivity index (χ2n) is 3.57. The average molecular weight is 273 g/mol. The Labute approximate surface area is 97.2 Å². The summed E-state index contributed by atoms with van der Waals surface area (Å²) in [5.74, 6) is -0.623. The monoisotopic (exact) mass is 272 g/mol. The first-order valence-electron chi connectivity index (χ1n) is 4.51. The van der Waals surface area contributed by atoms with Crippen molar-refractivity contribution in [1.82, 2.24) is 0 Å². The van der Waals surface area contributed by atoms with Gasteiger partial charge in [-0.1, -0.05) is 28.1 Å². The van der Waals surface area contributed by atoms with Crippen molar-refractivity contribution in [3.05, 3.63) is 34.3 Å². The van der Waals surface area contributed by atoms with Gasteiger partial charge in [0.15, 0.2) is 5.60 Å². The van der Waals surface area contributed by atoms with E-state index in [-0.39, 0.29) is 6.42 Å². The molecular weight excluding hydrogens is 260 g/mol. The number of aliphatic hydroxyl groups is 1. The van der Waals surface area contributed by atoms with E-state index < -0.39 is 11.6 Å². The summed E-state index contributed by atoms with van der Waals surface area (Å²) in [4.78, 5) is 11.2. The fourth-order valence-electron chi connectivity index (χ4n) is 1.34. The van der Waals surface area contributed by atoms with Crippen molar-refractivity contribution in [2.45, 2.75) is 18.9 Å². The molecule has 1 rings (SSSR count). The van der Waals surface area contributed by atoms with Crippen LogP contribution in [-0.4, -0.2) is 23.8 Å². The molecule has 1 aromatic carbocycles. The van der Waals surface area contributed by atoms with Gasteiger partial charge in [-0.3, -0.25) is 0 Å². The van der Waals surface area contributed by atoms with Gasteiger partial charge in [-0.05, 0) is 24.6 Å². The summed E-state index contributed by atoms with van der Waals surface area (Å²) in [6.45, 7) is 1.44. The molecule has 3 nitrogen and oxygen atoms in total. The minimum absolute atomic E-state index is 0.235. The van der Waals surface area contributed by atoms with Crippen LogP contribution >= 0.6 is 15.9 Å². The maximum Gasteiger partial charge on any atom is 0.337 e. The fourth-order valence-corrected chi connectivity index (χ4v) is 1.78. The topological polar surface area (TPSA) is 46.5 Å². The Morgan fingerprint density at radius 1 is 1.60 bits per heavy atom. The van der Waals surface area contributed by atoms with E-state index in [9.17, 15) is 9.90 Å². The molecule has 0 heterocycles. The standard InChI is InChI=1S/C11H13BrO3/c1-11(14,10(13)15-2)7-8-4-3-5-9(12)6-8/h3-6,14H,7H2,1-2H3. The molecule has 4 heteroatoms. The molecule has 82 valence electrons. The molecule has 0 amide bonds. The highest BCUT2D eigenvalue weighted by Gasteiger charge is 2.31. The minimum atomic E-state index is -1.48. The molecule has 0 aliphatic heterocycles. The van der Waals surface area contributed by atoms with Crippen LogP contribution in [0, 0.1) is 0 Å². The van der Waals surface area contributed by atoms with Gasteiger partial charge < -0.3 is 9.84 Å². The zero-order valence-corrected chi connectivity index (χ0v) is 10.2. The first-order valence-corrected chi connectivity index (χ1v) is 5.30. The van der Waals surface area contributed by atoms with Crippen LogP contribution in [0.3, 0.4) is 0 Å². The Balaban J connectivity index is 2.81. The third-order valence-electron chi connectivity index (χ3n) is 2.06. The van der Waals surface area contributed by atoms with E-state index in [1.54, 1.807) is 0 Å². The van der Waals surface area contributed by atoms with E-state index in [1.807, 2.05) is 24.3 Å². The normalized spacial score (nSPS) is 14.4. The van der Waals surface area contributed by atoms with Gasteiger partial charge >= 0.3 is 5.97 Å². The lowest BCUT2D eigenvalue weighted by Crippen LogP contribution is -2.38. The van der Waals surface area contributed by atoms with Crippen molar-refractivity contribution < 1.29 is 14.6 Å². The molecule has 0 fully saturated rings. The van der Waals surface area contributed by atoms with Gasteiger partial charge in [-0.25, -0.2) is 4.79 Å². The van der Waals surface area contributed by atoms with E-state index in [1.165, 1.54) is 14.0 Å². The highest BCUT2D eigenvalue weighted by molar-refractivity contribution is 9.10. The van der Waals surface area contributed by atoms with Gasteiger partial charge in [0, 0.05) is 10.9 Å². The summed E-state index contributed by atoms with van der Waals surface area (Å²) < 4.78 is 5.43. The Morgan fingerprint density at radius 2 is 2.27 bits per heavy atom. The van der Waals surface area contributed by atoms with Crippen molar-refractivity contribution in [2.24, 2.45) is 0 Å². The molecular formula is C11H13BrO3. The van der Waals surface area contributed by atoms with Crippen molar-refractivity contribution in [3.63, 3.8) is 0 Å². The number of hydrogen-bond donors (Lipinski definition) is 1. The van der Waals surface area contributed by atoms with E-state index in [4.69, 9.17) is 0 Å². The second-order valence-corrected chi connectivity index (χ2v) is 4.49. The van der Waals surface area contributed by atoms with Crippen LogP contribution in [0.1, 0.15) is 12.5 Å². The Morgan fingerprint density at radius 3 is 2.80 bits per heavy atom. The lowest BCUT2D eigenvalue weighted by atomic mass is 9.97. The summed E-state index contributed by atoms with van der Waals surface area (Å²) in [6, 6.07) is 7.45. The van der Waals surface area contributed by atoms with Crippen LogP contribution in [0.2, 0.25) is 0 Å². The molecule has 0 aromatic heterocycles. The Hall–Kier alpha value is -0.870. The zero-order chi connectivity index (χ0) is 11.5. The number of esters is 1. The fraction of sp³-hybridized carbons (Fsp3) is 0.364. The molecule has 1 N–H and O–H groups in total. The van der Waals surface area contributed by atoms with Gasteiger partial charge in [0.05, 0.1) is 7.11 Å². The molecule has 0 saturated carbocycles. The first-order chi connectivity index (χ1) is 6.95. The lowest BCUT2D eigenvalue weighted by Gasteiger charge is -2.20. The molecule has 0 saturated heterocycles. The maximum absolute atomic E-state index is 11.2. The first kappa shape index (κ1) is 12.2. The zero-order valence-electron chi connectivity index (χ0n) is 8.66. The van der Waals surface area contributed by atoms with Crippen LogP contribution in [0.15, 0.2) is 28.7 Å². The summed E-state index contributed by atoms with van der Waals surface area (Å²) in [6.07, 6.45) is 0.235. The molecule has 0 aliphatic carbocycles. The third-order valence-corrected chi connectivity index (χ3v) is 2.56. The summed E-state index contributed by atoms with van der Waals surface area (Å²) >= 11 is 3.33. The van der Waals surface area contributed by atoms with Crippen molar-refractivity contribution in [1.29, 1.82) is 0 Å². The summed E-state index contributed by atoms with van der Waals surface area (Å²) in [7, 11) is 1.26. The van der Waals surface area contributed by atoms with Crippen LogP contribution < -0.4 is 0 Å². The number of rotatable bonds is 3. The molecule has 0 radical (unpaired) electrons. The van der Waals surface area contributed by atoms with Crippen LogP contribution in [-0.2, 0) is 16.0 Å². The number of carbonyl (C=O) groups excluding carboxylic acids is 1. The molecule has 0 spiro atoms. The van der Waals surface area contributed by atoms with Crippen LogP contribution in [0.5, 0.6) is 0 Å². The van der Waals surface area contributed by atoms with E-state index in [0.29, 0.717) is 0 Å². The summed E-state index contributed by atoms with van der Waals surface area (Å²) in [5.41, 5.74) is -0.602. The number of methoxy groups -OCH3 is 1. The van der Waals surface area contributed by atoms with Gasteiger partial charge in [-0.15, -0.1) is 0 Å². The van der Waals surface area contributed by atoms with Crippen LogP contribution in [0.4, 0.5) is 0 Å². The predicted octanol–water partition coefficient (Wildman–Crippen LogP) is 1.92. The number of halogens is 1. The van der Waals surface area contributed by atoms with Crippen molar-refractivity contribution in [2.75, 3.05) is 7.11 Å². The summed E-state index contributed by atoms with van der Waals surface area (Å²) in [5, 5.41) is 9.84. The number of hydrogen-bond acceptors (Lipinski definition) is 3. The van der Waals surface area contributed by atoms with Gasteiger partial charge in [0.25, 0.3) is 0 Å². The van der Waals surface area contributed by atoms with Crippen molar-refractivity contribution >= 4 is 21.9 Å². The van der Waals surface area contributed by atoms with Gasteiger partial charge in [0.2, 0.25) is 0 Å². The molecule has 15 heavy (non-hydrogen) atoms. The molecule has 1 atom stereocenters. The second kappa shape index (κ2) is 4.77. The van der Waals surface area contributed by atoms with Gasteiger partial charge in [0.1, 0.15) is 0 Å². The lowest BCUT2D eigenvalue weighted by molar-refractivity contribution is -0.160. The maximum atomic E-state index is 11.2. The van der Waals surface area contributed by atoms with E-state index >= 15 is 0 Å². The minimum Gasteiger partial charge on any atom is -0.467 e. The SMILES string of the molecule is COC(=O)C(C)(O)Cc1cccc(Br)c1.